The van der Waals surface area contributed by atoms with Gasteiger partial charge in [-0.3, -0.25) is 14.5 Å². The van der Waals surface area contributed by atoms with E-state index in [0.29, 0.717) is 24.3 Å². The second-order valence-electron chi connectivity index (χ2n) is 8.69. The van der Waals surface area contributed by atoms with Crippen LogP contribution < -0.4 is 10.6 Å². The molecule has 0 aromatic heterocycles. The van der Waals surface area contributed by atoms with Gasteiger partial charge >= 0.3 is 0 Å². The lowest BCUT2D eigenvalue weighted by Crippen LogP contribution is -2.40. The molecule has 3 aromatic carbocycles. The quantitative estimate of drug-likeness (QED) is 0.473. The first-order valence-corrected chi connectivity index (χ1v) is 12.2. The molecule has 0 radical (unpaired) electrons. The van der Waals surface area contributed by atoms with Crippen molar-refractivity contribution in [1.82, 2.24) is 10.2 Å². The second kappa shape index (κ2) is 11.8. The van der Waals surface area contributed by atoms with Crippen LogP contribution in [0.3, 0.4) is 0 Å². The Labute approximate surface area is 206 Å². The maximum Gasteiger partial charge on any atom is 0.253 e. The number of rotatable bonds is 8. The van der Waals surface area contributed by atoms with Crippen molar-refractivity contribution in [2.75, 3.05) is 25.0 Å². The topological polar surface area (TPSA) is 61.4 Å². The van der Waals surface area contributed by atoms with E-state index in [2.05, 4.69) is 15.5 Å². The molecule has 0 saturated carbocycles. The molecule has 0 bridgehead atoms. The predicted octanol–water partition coefficient (Wildman–Crippen LogP) is 5.16. The van der Waals surface area contributed by atoms with E-state index in [-0.39, 0.29) is 17.7 Å². The summed E-state index contributed by atoms with van der Waals surface area (Å²) in [6.45, 7) is 2.87. The smallest absolute Gasteiger partial charge is 0.253 e. The van der Waals surface area contributed by atoms with Gasteiger partial charge in [0.05, 0.1) is 17.2 Å². The molecule has 6 heteroatoms. The van der Waals surface area contributed by atoms with Crippen molar-refractivity contribution in [2.24, 2.45) is 5.92 Å². The van der Waals surface area contributed by atoms with Crippen LogP contribution in [0.2, 0.25) is 5.02 Å². The molecule has 1 atom stereocenters. The summed E-state index contributed by atoms with van der Waals surface area (Å²) in [6.07, 6.45) is 2.53. The van der Waals surface area contributed by atoms with Crippen LogP contribution in [0, 0.1) is 5.92 Å². The maximum atomic E-state index is 13.1. The highest BCUT2D eigenvalue weighted by Crippen LogP contribution is 2.24. The first kappa shape index (κ1) is 24.0. The Bertz CT molecular complexity index is 1120. The molecule has 3 aromatic rings. The zero-order valence-electron chi connectivity index (χ0n) is 19.2. The lowest BCUT2D eigenvalue weighted by molar-refractivity contribution is -0.121. The van der Waals surface area contributed by atoms with Crippen molar-refractivity contribution in [3.05, 3.63) is 101 Å². The van der Waals surface area contributed by atoms with Gasteiger partial charge in [0, 0.05) is 24.7 Å². The SMILES string of the molecule is O=C(NCCc1ccccc1)c1ccccc1NC(=O)C1CCCN(Cc2ccccc2Cl)C1. The lowest BCUT2D eigenvalue weighted by atomic mass is 9.96. The summed E-state index contributed by atoms with van der Waals surface area (Å²) in [6, 6.07) is 25.0. The van der Waals surface area contributed by atoms with Crippen LogP contribution in [0.5, 0.6) is 0 Å². The largest absolute Gasteiger partial charge is 0.352 e. The summed E-state index contributed by atoms with van der Waals surface area (Å²) in [7, 11) is 0. The van der Waals surface area contributed by atoms with Gasteiger partial charge in [-0.2, -0.15) is 0 Å². The first-order chi connectivity index (χ1) is 16.6. The van der Waals surface area contributed by atoms with Crippen molar-refractivity contribution in [3.63, 3.8) is 0 Å². The van der Waals surface area contributed by atoms with E-state index >= 15 is 0 Å². The molecule has 5 nitrogen and oxygen atoms in total. The average molecular weight is 476 g/mol. The number of nitrogens with one attached hydrogen (secondary N) is 2. The van der Waals surface area contributed by atoms with Crippen LogP contribution in [-0.4, -0.2) is 36.3 Å². The Morgan fingerprint density at radius 1 is 0.941 bits per heavy atom. The number of benzene rings is 3. The van der Waals surface area contributed by atoms with E-state index in [4.69, 9.17) is 11.6 Å². The van der Waals surface area contributed by atoms with E-state index in [1.54, 1.807) is 12.1 Å². The minimum Gasteiger partial charge on any atom is -0.352 e. The number of hydrogen-bond acceptors (Lipinski definition) is 3. The lowest BCUT2D eigenvalue weighted by Gasteiger charge is -2.32. The Hall–Kier alpha value is -3.15. The third-order valence-electron chi connectivity index (χ3n) is 6.20. The molecule has 0 spiro atoms. The van der Waals surface area contributed by atoms with Crippen LogP contribution in [0.15, 0.2) is 78.9 Å². The summed E-state index contributed by atoms with van der Waals surface area (Å²) in [5.74, 6) is -0.366. The Morgan fingerprint density at radius 3 is 2.50 bits per heavy atom. The molecule has 1 heterocycles. The Morgan fingerprint density at radius 2 is 1.68 bits per heavy atom. The average Bonchev–Trinajstić information content (AvgIpc) is 2.86. The van der Waals surface area contributed by atoms with Gasteiger partial charge in [0.2, 0.25) is 5.91 Å². The summed E-state index contributed by atoms with van der Waals surface area (Å²) in [4.78, 5) is 28.2. The molecular weight excluding hydrogens is 446 g/mol. The third kappa shape index (κ3) is 6.46. The van der Waals surface area contributed by atoms with Crippen LogP contribution in [0.25, 0.3) is 0 Å². The van der Waals surface area contributed by atoms with E-state index in [1.165, 1.54) is 5.56 Å². The van der Waals surface area contributed by atoms with Crippen molar-refractivity contribution in [3.8, 4) is 0 Å². The number of anilines is 1. The van der Waals surface area contributed by atoms with Gasteiger partial charge in [-0.05, 0) is 55.1 Å². The second-order valence-corrected chi connectivity index (χ2v) is 9.10. The fraction of sp³-hybridized carbons (Fsp3) is 0.286. The molecule has 1 aliphatic heterocycles. The predicted molar refractivity (Wildman–Crippen MR) is 137 cm³/mol. The van der Waals surface area contributed by atoms with Gasteiger partial charge in [0.15, 0.2) is 0 Å². The number of para-hydroxylation sites is 1. The number of carbonyl (C=O) groups excluding carboxylic acids is 2. The summed E-state index contributed by atoms with van der Waals surface area (Å²) >= 11 is 6.32. The molecule has 1 saturated heterocycles. The number of hydrogen-bond donors (Lipinski definition) is 2. The molecule has 1 aliphatic rings. The fourth-order valence-electron chi connectivity index (χ4n) is 4.37. The van der Waals surface area contributed by atoms with E-state index in [1.807, 2.05) is 66.7 Å². The van der Waals surface area contributed by atoms with Crippen LogP contribution >= 0.6 is 11.6 Å². The highest BCUT2D eigenvalue weighted by atomic mass is 35.5. The van der Waals surface area contributed by atoms with Gasteiger partial charge < -0.3 is 10.6 Å². The molecule has 2 amide bonds. The van der Waals surface area contributed by atoms with Crippen LogP contribution in [-0.2, 0) is 17.8 Å². The van der Waals surface area contributed by atoms with Crippen molar-refractivity contribution >= 4 is 29.1 Å². The maximum absolute atomic E-state index is 13.1. The molecule has 4 rings (SSSR count). The van der Waals surface area contributed by atoms with Crippen molar-refractivity contribution in [2.45, 2.75) is 25.8 Å². The third-order valence-corrected chi connectivity index (χ3v) is 6.57. The highest BCUT2D eigenvalue weighted by molar-refractivity contribution is 6.31. The fourth-order valence-corrected chi connectivity index (χ4v) is 4.56. The van der Waals surface area contributed by atoms with Crippen LogP contribution in [0.1, 0.15) is 34.3 Å². The van der Waals surface area contributed by atoms with E-state index < -0.39 is 0 Å². The minimum atomic E-state index is -0.184. The standard InChI is InChI=1S/C28H30ClN3O2/c29-25-14-6-4-11-22(25)19-32-18-8-12-23(20-32)27(33)31-26-15-7-5-13-24(26)28(34)30-17-16-21-9-2-1-3-10-21/h1-7,9-11,13-15,23H,8,12,16-20H2,(H,30,34)(H,31,33). The molecule has 34 heavy (non-hydrogen) atoms. The van der Waals surface area contributed by atoms with Crippen molar-refractivity contribution in [1.29, 1.82) is 0 Å². The van der Waals surface area contributed by atoms with Crippen LogP contribution in [0.4, 0.5) is 5.69 Å². The monoisotopic (exact) mass is 475 g/mol. The van der Waals surface area contributed by atoms with Gasteiger partial charge in [-0.15, -0.1) is 0 Å². The molecule has 1 fully saturated rings. The zero-order valence-corrected chi connectivity index (χ0v) is 19.9. The summed E-state index contributed by atoms with van der Waals surface area (Å²) < 4.78 is 0. The molecule has 1 unspecified atom stereocenters. The van der Waals surface area contributed by atoms with Gasteiger partial charge in [-0.1, -0.05) is 72.3 Å². The molecule has 0 aliphatic carbocycles. The van der Waals surface area contributed by atoms with Crippen molar-refractivity contribution < 1.29 is 9.59 Å². The van der Waals surface area contributed by atoms with Gasteiger partial charge in [0.1, 0.15) is 0 Å². The normalized spacial score (nSPS) is 16.1. The molecular formula is C28H30ClN3O2. The number of nitrogens with zero attached hydrogens (tertiary/aromatic N) is 1. The first-order valence-electron chi connectivity index (χ1n) is 11.8. The summed E-state index contributed by atoms with van der Waals surface area (Å²) in [5.41, 5.74) is 3.27. The van der Waals surface area contributed by atoms with Gasteiger partial charge in [0.25, 0.3) is 5.91 Å². The minimum absolute atomic E-state index is 0.0478. The number of halogens is 1. The zero-order chi connectivity index (χ0) is 23.8. The number of piperidine rings is 1. The Balaban J connectivity index is 1.34. The Kier molecular flexibility index (Phi) is 8.34. The molecule has 176 valence electrons. The molecule has 2 N–H and O–H groups in total. The summed E-state index contributed by atoms with van der Waals surface area (Å²) in [5, 5.41) is 6.73. The van der Waals surface area contributed by atoms with Gasteiger partial charge in [-0.25, -0.2) is 0 Å². The number of amides is 2. The number of likely N-dealkylation sites (tertiary alicyclic amines) is 1. The highest BCUT2D eigenvalue weighted by Gasteiger charge is 2.27. The number of carbonyl (C=O) groups is 2. The van der Waals surface area contributed by atoms with E-state index in [0.717, 1.165) is 42.9 Å². The van der Waals surface area contributed by atoms with E-state index in [9.17, 15) is 9.59 Å².